The van der Waals surface area contributed by atoms with Gasteiger partial charge in [-0.2, -0.15) is 9.97 Å². The van der Waals surface area contributed by atoms with Gasteiger partial charge in [0.2, 0.25) is 5.95 Å². The zero-order chi connectivity index (χ0) is 14.5. The molecule has 0 amide bonds. The van der Waals surface area contributed by atoms with Crippen molar-refractivity contribution in [2.45, 2.75) is 26.9 Å². The maximum Gasteiger partial charge on any atom is 0.330 e. The maximum atomic E-state index is 5.50. The molecular weight excluding hydrogens is 260 g/mol. The molecule has 0 fully saturated rings. The van der Waals surface area contributed by atoms with Crippen LogP contribution in [0.25, 0.3) is 0 Å². The van der Waals surface area contributed by atoms with Crippen molar-refractivity contribution in [3.63, 3.8) is 0 Å². The van der Waals surface area contributed by atoms with E-state index >= 15 is 0 Å². The van der Waals surface area contributed by atoms with Crippen molar-refractivity contribution in [1.29, 1.82) is 0 Å². The maximum absolute atomic E-state index is 5.50. The van der Waals surface area contributed by atoms with Gasteiger partial charge in [-0.1, -0.05) is 0 Å². The molecule has 0 saturated carbocycles. The molecule has 0 radical (unpaired) electrons. The van der Waals surface area contributed by atoms with Crippen LogP contribution in [0.1, 0.15) is 19.5 Å². The monoisotopic (exact) mass is 276 g/mol. The lowest BCUT2D eigenvalue weighted by atomic mass is 10.4. The SMILES string of the molecule is Cc1ccc(Oc2nc(NN)nc(OC(C)C)n2)cn1. The number of hydrogen-bond acceptors (Lipinski definition) is 8. The minimum absolute atomic E-state index is 0.0723. The highest BCUT2D eigenvalue weighted by atomic mass is 16.5. The molecule has 0 bridgehead atoms. The van der Waals surface area contributed by atoms with Gasteiger partial charge in [-0.15, -0.1) is 4.98 Å². The molecule has 2 heterocycles. The summed E-state index contributed by atoms with van der Waals surface area (Å²) in [5.74, 6) is 5.98. The van der Waals surface area contributed by atoms with Gasteiger partial charge >= 0.3 is 12.0 Å². The highest BCUT2D eigenvalue weighted by Crippen LogP contribution is 2.20. The van der Waals surface area contributed by atoms with E-state index in [-0.39, 0.29) is 24.1 Å². The summed E-state index contributed by atoms with van der Waals surface area (Å²) in [5, 5.41) is 0. The van der Waals surface area contributed by atoms with Crippen LogP contribution in [0.3, 0.4) is 0 Å². The Morgan fingerprint density at radius 2 is 1.90 bits per heavy atom. The average Bonchev–Trinajstić information content (AvgIpc) is 2.40. The Kier molecular flexibility index (Phi) is 4.26. The highest BCUT2D eigenvalue weighted by Gasteiger charge is 2.10. The third-order valence-electron chi connectivity index (χ3n) is 2.16. The molecule has 2 aromatic heterocycles. The summed E-state index contributed by atoms with van der Waals surface area (Å²) in [4.78, 5) is 16.1. The first kappa shape index (κ1) is 13.9. The first-order chi connectivity index (χ1) is 9.56. The second-order valence-corrected chi connectivity index (χ2v) is 4.27. The van der Waals surface area contributed by atoms with E-state index in [1.165, 1.54) is 0 Å². The number of rotatable bonds is 5. The number of nitrogens with zero attached hydrogens (tertiary/aromatic N) is 4. The average molecular weight is 276 g/mol. The fourth-order valence-electron chi connectivity index (χ4n) is 1.33. The molecule has 8 heteroatoms. The molecule has 0 aliphatic carbocycles. The third-order valence-corrected chi connectivity index (χ3v) is 2.16. The van der Waals surface area contributed by atoms with Crippen LogP contribution < -0.4 is 20.7 Å². The summed E-state index contributed by atoms with van der Waals surface area (Å²) in [6, 6.07) is 3.81. The largest absolute Gasteiger partial charge is 0.461 e. The van der Waals surface area contributed by atoms with Crippen molar-refractivity contribution in [3.05, 3.63) is 24.0 Å². The topological polar surface area (TPSA) is 108 Å². The zero-order valence-electron chi connectivity index (χ0n) is 11.5. The van der Waals surface area contributed by atoms with Crippen LogP contribution in [-0.2, 0) is 0 Å². The lowest BCUT2D eigenvalue weighted by molar-refractivity contribution is 0.218. The minimum atomic E-state index is -0.0723. The van der Waals surface area contributed by atoms with E-state index in [2.05, 4.69) is 25.4 Å². The van der Waals surface area contributed by atoms with Gasteiger partial charge < -0.3 is 9.47 Å². The molecule has 8 nitrogen and oxygen atoms in total. The molecule has 20 heavy (non-hydrogen) atoms. The Labute approximate surface area is 116 Å². The van der Waals surface area contributed by atoms with E-state index in [0.717, 1.165) is 5.69 Å². The Morgan fingerprint density at radius 3 is 2.50 bits per heavy atom. The first-order valence-electron chi connectivity index (χ1n) is 6.06. The Bertz CT molecular complexity index is 573. The van der Waals surface area contributed by atoms with E-state index < -0.39 is 0 Å². The van der Waals surface area contributed by atoms with Crippen LogP contribution in [0.5, 0.6) is 17.8 Å². The summed E-state index contributed by atoms with van der Waals surface area (Å²) >= 11 is 0. The summed E-state index contributed by atoms with van der Waals surface area (Å²) in [6.45, 7) is 5.62. The molecule has 0 aromatic carbocycles. The van der Waals surface area contributed by atoms with Gasteiger partial charge in [0, 0.05) is 5.69 Å². The molecule has 106 valence electrons. The normalized spacial score (nSPS) is 10.4. The zero-order valence-corrected chi connectivity index (χ0v) is 11.5. The summed E-state index contributed by atoms with van der Waals surface area (Å²) in [7, 11) is 0. The summed E-state index contributed by atoms with van der Waals surface area (Å²) in [5.41, 5.74) is 3.23. The van der Waals surface area contributed by atoms with Gasteiger partial charge in [0.05, 0.1) is 12.3 Å². The number of nitrogens with one attached hydrogen (secondary N) is 1. The predicted molar refractivity (Wildman–Crippen MR) is 72.4 cm³/mol. The number of nitrogen functional groups attached to an aromatic ring is 1. The fourth-order valence-corrected chi connectivity index (χ4v) is 1.33. The predicted octanol–water partition coefficient (Wildman–Crippen LogP) is 1.44. The molecule has 0 unspecified atom stereocenters. The molecule has 2 aromatic rings. The van der Waals surface area contributed by atoms with Crippen molar-refractivity contribution < 1.29 is 9.47 Å². The van der Waals surface area contributed by atoms with Gasteiger partial charge in [0.25, 0.3) is 0 Å². The van der Waals surface area contributed by atoms with Crippen molar-refractivity contribution in [1.82, 2.24) is 19.9 Å². The second-order valence-electron chi connectivity index (χ2n) is 4.27. The van der Waals surface area contributed by atoms with E-state index in [9.17, 15) is 0 Å². The standard InChI is InChI=1S/C12H16N6O2/c1-7(2)19-11-15-10(18-13)16-12(17-11)20-9-5-4-8(3)14-6-9/h4-7H,13H2,1-3H3,(H,15,16,17,18). The minimum Gasteiger partial charge on any atom is -0.461 e. The van der Waals surface area contributed by atoms with Crippen molar-refractivity contribution >= 4 is 5.95 Å². The van der Waals surface area contributed by atoms with Gasteiger partial charge in [-0.25, -0.2) is 5.84 Å². The van der Waals surface area contributed by atoms with Crippen LogP contribution in [0.15, 0.2) is 18.3 Å². The van der Waals surface area contributed by atoms with Gasteiger partial charge in [-0.05, 0) is 32.9 Å². The number of aryl methyl sites for hydroxylation is 1. The number of anilines is 1. The molecule has 2 rings (SSSR count). The Hall–Kier alpha value is -2.48. The first-order valence-corrected chi connectivity index (χ1v) is 6.06. The molecule has 0 spiro atoms. The van der Waals surface area contributed by atoms with E-state index in [1.54, 1.807) is 12.3 Å². The Balaban J connectivity index is 2.23. The number of ether oxygens (including phenoxy) is 2. The molecule has 0 aliphatic heterocycles. The van der Waals surface area contributed by atoms with E-state index in [0.29, 0.717) is 5.75 Å². The molecular formula is C12H16N6O2. The van der Waals surface area contributed by atoms with Crippen molar-refractivity contribution in [3.8, 4) is 17.8 Å². The summed E-state index contributed by atoms with van der Waals surface area (Å²) in [6.07, 6.45) is 1.51. The number of nitrogens with two attached hydrogens (primary N) is 1. The number of hydrazine groups is 1. The van der Waals surface area contributed by atoms with E-state index in [4.69, 9.17) is 15.3 Å². The quantitative estimate of drug-likeness (QED) is 0.623. The van der Waals surface area contributed by atoms with Gasteiger partial charge in [0.15, 0.2) is 0 Å². The molecule has 0 atom stereocenters. The van der Waals surface area contributed by atoms with Gasteiger partial charge in [-0.3, -0.25) is 10.4 Å². The van der Waals surface area contributed by atoms with Crippen LogP contribution in [0.4, 0.5) is 5.95 Å². The highest BCUT2D eigenvalue weighted by molar-refractivity contribution is 5.28. The van der Waals surface area contributed by atoms with E-state index in [1.807, 2.05) is 26.8 Å². The molecule has 0 saturated heterocycles. The second kappa shape index (κ2) is 6.11. The number of hydrogen-bond donors (Lipinski definition) is 2. The van der Waals surface area contributed by atoms with Crippen molar-refractivity contribution in [2.75, 3.05) is 5.43 Å². The number of aromatic nitrogens is 4. The van der Waals surface area contributed by atoms with Crippen molar-refractivity contribution in [2.24, 2.45) is 5.84 Å². The van der Waals surface area contributed by atoms with Gasteiger partial charge in [0.1, 0.15) is 5.75 Å². The third kappa shape index (κ3) is 3.75. The number of pyridine rings is 1. The van der Waals surface area contributed by atoms with Crippen LogP contribution in [0, 0.1) is 6.92 Å². The Morgan fingerprint density at radius 1 is 1.15 bits per heavy atom. The lowest BCUT2D eigenvalue weighted by Crippen LogP contribution is -2.15. The van der Waals surface area contributed by atoms with Crippen LogP contribution >= 0.6 is 0 Å². The van der Waals surface area contributed by atoms with Crippen LogP contribution in [0.2, 0.25) is 0 Å². The lowest BCUT2D eigenvalue weighted by Gasteiger charge is -2.10. The smallest absolute Gasteiger partial charge is 0.330 e. The molecule has 0 aliphatic rings. The summed E-state index contributed by atoms with van der Waals surface area (Å²) < 4.78 is 10.9. The molecule has 3 N–H and O–H groups in total. The fraction of sp³-hybridized carbons (Fsp3) is 0.333. The van der Waals surface area contributed by atoms with Crippen LogP contribution in [-0.4, -0.2) is 26.0 Å².